The van der Waals surface area contributed by atoms with Crippen molar-refractivity contribution in [2.75, 3.05) is 18.9 Å². The van der Waals surface area contributed by atoms with Crippen molar-refractivity contribution in [1.29, 1.82) is 0 Å². The van der Waals surface area contributed by atoms with Crippen LogP contribution in [0.4, 0.5) is 5.13 Å². The molecule has 0 saturated carbocycles. The first-order valence-electron chi connectivity index (χ1n) is 4.84. The summed E-state index contributed by atoms with van der Waals surface area (Å²) in [6, 6.07) is 7.53. The van der Waals surface area contributed by atoms with Gasteiger partial charge in [0.2, 0.25) is 0 Å². The highest BCUT2D eigenvalue weighted by atomic mass is 32.1. The zero-order chi connectivity index (χ0) is 11.4. The number of thiazole rings is 1. The van der Waals surface area contributed by atoms with Gasteiger partial charge in [-0.3, -0.25) is 0 Å². The van der Waals surface area contributed by atoms with Crippen LogP contribution in [0.15, 0.2) is 29.6 Å². The summed E-state index contributed by atoms with van der Waals surface area (Å²) in [6.07, 6.45) is 0. The minimum Gasteiger partial charge on any atom is -0.491 e. The van der Waals surface area contributed by atoms with Gasteiger partial charge in [0.15, 0.2) is 5.13 Å². The van der Waals surface area contributed by atoms with Gasteiger partial charge in [-0.05, 0) is 24.3 Å². The maximum atomic E-state index is 8.62. The molecule has 1 heterocycles. The zero-order valence-corrected chi connectivity index (χ0v) is 9.41. The molecule has 0 radical (unpaired) electrons. The van der Waals surface area contributed by atoms with Gasteiger partial charge >= 0.3 is 0 Å². The minimum atomic E-state index is 0.0182. The smallest absolute Gasteiger partial charge is 0.180 e. The predicted octanol–water partition coefficient (Wildman–Crippen LogP) is 1.76. The lowest BCUT2D eigenvalue weighted by molar-refractivity contribution is 0.201. The number of hydrogen-bond donors (Lipinski definition) is 2. The number of rotatable bonds is 4. The lowest BCUT2D eigenvalue weighted by Gasteiger charge is -2.04. The van der Waals surface area contributed by atoms with Crippen LogP contribution in [-0.2, 0) is 0 Å². The fraction of sp³-hybridized carbons (Fsp3) is 0.182. The maximum Gasteiger partial charge on any atom is 0.180 e. The van der Waals surface area contributed by atoms with E-state index in [1.165, 1.54) is 11.3 Å². The fourth-order valence-corrected chi connectivity index (χ4v) is 1.88. The van der Waals surface area contributed by atoms with Gasteiger partial charge in [0, 0.05) is 10.9 Å². The number of aliphatic hydroxyl groups excluding tert-OH is 1. The Kier molecular flexibility index (Phi) is 3.38. The Morgan fingerprint density at radius 3 is 2.62 bits per heavy atom. The number of anilines is 1. The molecule has 2 rings (SSSR count). The number of ether oxygens (including phenoxy) is 1. The average Bonchev–Trinajstić information content (AvgIpc) is 2.74. The molecule has 0 aliphatic rings. The molecule has 0 unspecified atom stereocenters. The Balaban J connectivity index is 2.13. The first-order chi connectivity index (χ1) is 7.79. The van der Waals surface area contributed by atoms with Crippen LogP contribution in [-0.4, -0.2) is 23.3 Å². The van der Waals surface area contributed by atoms with Crippen LogP contribution >= 0.6 is 11.3 Å². The van der Waals surface area contributed by atoms with Gasteiger partial charge in [-0.1, -0.05) is 0 Å². The normalized spacial score (nSPS) is 10.3. The topological polar surface area (TPSA) is 68.4 Å². The van der Waals surface area contributed by atoms with Gasteiger partial charge in [0.1, 0.15) is 12.4 Å². The Hall–Kier alpha value is -1.59. The third kappa shape index (κ3) is 2.50. The summed E-state index contributed by atoms with van der Waals surface area (Å²) >= 11 is 1.42. The second-order valence-corrected chi connectivity index (χ2v) is 4.06. The number of benzene rings is 1. The molecule has 16 heavy (non-hydrogen) atoms. The molecule has 0 saturated heterocycles. The molecule has 2 aromatic rings. The number of nitrogens with two attached hydrogens (primary N) is 1. The molecule has 1 aromatic heterocycles. The molecule has 0 fully saturated rings. The van der Waals surface area contributed by atoms with E-state index in [4.69, 9.17) is 15.6 Å². The Morgan fingerprint density at radius 2 is 2.06 bits per heavy atom. The van der Waals surface area contributed by atoms with Crippen molar-refractivity contribution < 1.29 is 9.84 Å². The average molecular weight is 236 g/mol. The molecule has 0 amide bonds. The van der Waals surface area contributed by atoms with Crippen molar-refractivity contribution in [1.82, 2.24) is 4.98 Å². The quantitative estimate of drug-likeness (QED) is 0.848. The van der Waals surface area contributed by atoms with Crippen molar-refractivity contribution >= 4 is 16.5 Å². The Bertz CT molecular complexity index is 453. The molecule has 1 aromatic carbocycles. The monoisotopic (exact) mass is 236 g/mol. The number of aliphatic hydroxyl groups is 1. The molecular weight excluding hydrogens is 224 g/mol. The van der Waals surface area contributed by atoms with E-state index in [0.29, 0.717) is 11.7 Å². The third-order valence-corrected chi connectivity index (χ3v) is 2.71. The van der Waals surface area contributed by atoms with Gasteiger partial charge in [0.05, 0.1) is 12.3 Å². The first kappa shape index (κ1) is 10.9. The van der Waals surface area contributed by atoms with E-state index in [0.717, 1.165) is 17.0 Å². The number of aromatic nitrogens is 1. The lowest BCUT2D eigenvalue weighted by atomic mass is 10.2. The SMILES string of the molecule is Nc1nc(-c2ccc(OCCO)cc2)cs1. The number of nitrogens with zero attached hydrogens (tertiary/aromatic N) is 1. The van der Waals surface area contributed by atoms with Crippen molar-refractivity contribution in [3.8, 4) is 17.0 Å². The van der Waals surface area contributed by atoms with E-state index in [9.17, 15) is 0 Å². The summed E-state index contributed by atoms with van der Waals surface area (Å²) in [7, 11) is 0. The third-order valence-electron chi connectivity index (χ3n) is 2.03. The standard InChI is InChI=1S/C11H12N2O2S/c12-11-13-10(7-16-11)8-1-3-9(4-2-8)15-6-5-14/h1-4,7,14H,5-6H2,(H2,12,13). The molecule has 4 nitrogen and oxygen atoms in total. The Labute approximate surface area is 97.3 Å². The van der Waals surface area contributed by atoms with Crippen molar-refractivity contribution in [2.45, 2.75) is 0 Å². The predicted molar refractivity (Wildman–Crippen MR) is 64.5 cm³/mol. The lowest BCUT2D eigenvalue weighted by Crippen LogP contribution is -2.01. The van der Waals surface area contributed by atoms with Crippen LogP contribution in [0.1, 0.15) is 0 Å². The molecular formula is C11H12N2O2S. The van der Waals surface area contributed by atoms with E-state index in [1.54, 1.807) is 0 Å². The summed E-state index contributed by atoms with van der Waals surface area (Å²) < 4.78 is 5.26. The van der Waals surface area contributed by atoms with E-state index in [1.807, 2.05) is 29.6 Å². The van der Waals surface area contributed by atoms with E-state index in [-0.39, 0.29) is 6.61 Å². The maximum absolute atomic E-state index is 8.62. The van der Waals surface area contributed by atoms with E-state index < -0.39 is 0 Å². The van der Waals surface area contributed by atoms with Crippen LogP contribution in [0.5, 0.6) is 5.75 Å². The number of hydrogen-bond acceptors (Lipinski definition) is 5. The van der Waals surface area contributed by atoms with Crippen LogP contribution in [0.3, 0.4) is 0 Å². The van der Waals surface area contributed by atoms with Crippen LogP contribution < -0.4 is 10.5 Å². The van der Waals surface area contributed by atoms with Crippen LogP contribution in [0.2, 0.25) is 0 Å². The van der Waals surface area contributed by atoms with Gasteiger partial charge in [-0.15, -0.1) is 11.3 Å². The summed E-state index contributed by atoms with van der Waals surface area (Å²) in [5.74, 6) is 0.737. The highest BCUT2D eigenvalue weighted by molar-refractivity contribution is 7.13. The molecule has 3 N–H and O–H groups in total. The molecule has 0 spiro atoms. The summed E-state index contributed by atoms with van der Waals surface area (Å²) in [4.78, 5) is 4.19. The van der Waals surface area contributed by atoms with E-state index >= 15 is 0 Å². The van der Waals surface area contributed by atoms with Gasteiger partial charge in [-0.25, -0.2) is 4.98 Å². The van der Waals surface area contributed by atoms with E-state index in [2.05, 4.69) is 4.98 Å². The van der Waals surface area contributed by atoms with Crippen LogP contribution in [0, 0.1) is 0 Å². The molecule has 0 aliphatic carbocycles. The molecule has 84 valence electrons. The molecule has 0 bridgehead atoms. The van der Waals surface area contributed by atoms with Gasteiger partial charge < -0.3 is 15.6 Å². The van der Waals surface area contributed by atoms with Gasteiger partial charge in [-0.2, -0.15) is 0 Å². The van der Waals surface area contributed by atoms with Crippen molar-refractivity contribution in [3.63, 3.8) is 0 Å². The van der Waals surface area contributed by atoms with Crippen LogP contribution in [0.25, 0.3) is 11.3 Å². The second-order valence-electron chi connectivity index (χ2n) is 3.17. The largest absolute Gasteiger partial charge is 0.491 e. The summed E-state index contributed by atoms with van der Waals surface area (Å²) in [6.45, 7) is 0.327. The van der Waals surface area contributed by atoms with Crippen molar-refractivity contribution in [2.24, 2.45) is 0 Å². The minimum absolute atomic E-state index is 0.0182. The van der Waals surface area contributed by atoms with Gasteiger partial charge in [0.25, 0.3) is 0 Å². The zero-order valence-electron chi connectivity index (χ0n) is 8.59. The number of nitrogen functional groups attached to an aromatic ring is 1. The second kappa shape index (κ2) is 4.96. The summed E-state index contributed by atoms with van der Waals surface area (Å²) in [5.41, 5.74) is 7.44. The highest BCUT2D eigenvalue weighted by Gasteiger charge is 2.02. The highest BCUT2D eigenvalue weighted by Crippen LogP contribution is 2.24. The first-order valence-corrected chi connectivity index (χ1v) is 5.72. The molecule has 5 heteroatoms. The summed E-state index contributed by atoms with van der Waals surface area (Å²) in [5, 5.41) is 11.1. The van der Waals surface area contributed by atoms with Crippen molar-refractivity contribution in [3.05, 3.63) is 29.6 Å². The fourth-order valence-electron chi connectivity index (χ4n) is 1.31. The molecule has 0 atom stereocenters. The molecule has 0 aliphatic heterocycles. The Morgan fingerprint density at radius 1 is 1.31 bits per heavy atom.